The molecule has 4 rings (SSSR count). The molecule has 3 aromatic rings. The van der Waals surface area contributed by atoms with Gasteiger partial charge in [0, 0.05) is 34.6 Å². The van der Waals surface area contributed by atoms with E-state index >= 15 is 0 Å². The van der Waals surface area contributed by atoms with Gasteiger partial charge >= 0.3 is 0 Å². The number of anilines is 1. The summed E-state index contributed by atoms with van der Waals surface area (Å²) < 4.78 is 0. The summed E-state index contributed by atoms with van der Waals surface area (Å²) in [6, 6.07) is 12.5. The molecule has 1 aliphatic heterocycles. The summed E-state index contributed by atoms with van der Waals surface area (Å²) in [5, 5.41) is 10.3. The van der Waals surface area contributed by atoms with Crippen molar-refractivity contribution in [2.24, 2.45) is 0 Å². The maximum absolute atomic E-state index is 11.5. The zero-order valence-electron chi connectivity index (χ0n) is 13.9. The van der Waals surface area contributed by atoms with Crippen LogP contribution in [-0.4, -0.2) is 34.2 Å². The quantitative estimate of drug-likeness (QED) is 0.544. The van der Waals surface area contributed by atoms with E-state index in [2.05, 4.69) is 9.88 Å². The third-order valence-electron chi connectivity index (χ3n) is 4.55. The van der Waals surface area contributed by atoms with Gasteiger partial charge in [0.05, 0.1) is 5.52 Å². The fourth-order valence-corrected chi connectivity index (χ4v) is 3.39. The number of benzene rings is 2. The Hall–Kier alpha value is -2.70. The number of fused-ring (bicyclic) bond motifs is 1. The standard InChI is InChI=1S/C19H17ClN4O2/c20-14-7-8-15-16(11-14)21-17(22-18(15)24-9-1-2-10-24)12-3-5-13(6-4-12)19(25)23-26/h3-8,11,26H,1-2,9-10H2,(H,23,25). The Balaban J connectivity index is 1.83. The second-order valence-corrected chi connectivity index (χ2v) is 6.68. The van der Waals surface area contributed by atoms with Crippen molar-refractivity contribution in [2.75, 3.05) is 18.0 Å². The van der Waals surface area contributed by atoms with Gasteiger partial charge in [-0.05, 0) is 43.2 Å². The molecule has 1 saturated heterocycles. The highest BCUT2D eigenvalue weighted by molar-refractivity contribution is 6.31. The van der Waals surface area contributed by atoms with Crippen LogP contribution in [0.1, 0.15) is 23.2 Å². The largest absolute Gasteiger partial charge is 0.356 e. The number of nitrogens with zero attached hydrogens (tertiary/aromatic N) is 3. The Labute approximate surface area is 155 Å². The van der Waals surface area contributed by atoms with Crippen LogP contribution in [0.5, 0.6) is 0 Å². The Kier molecular flexibility index (Phi) is 4.44. The molecule has 0 radical (unpaired) electrons. The molecule has 2 aromatic carbocycles. The molecule has 132 valence electrons. The Morgan fingerprint density at radius 3 is 2.50 bits per heavy atom. The molecule has 7 heteroatoms. The number of aromatic nitrogens is 2. The molecule has 0 saturated carbocycles. The molecule has 0 aliphatic carbocycles. The predicted octanol–water partition coefficient (Wildman–Crippen LogP) is 3.67. The lowest BCUT2D eigenvalue weighted by Crippen LogP contribution is -2.20. The van der Waals surface area contributed by atoms with Gasteiger partial charge < -0.3 is 4.90 Å². The highest BCUT2D eigenvalue weighted by atomic mass is 35.5. The average Bonchev–Trinajstić information content (AvgIpc) is 3.21. The van der Waals surface area contributed by atoms with Gasteiger partial charge in [-0.25, -0.2) is 15.4 Å². The fraction of sp³-hybridized carbons (Fsp3) is 0.211. The first-order valence-electron chi connectivity index (χ1n) is 8.43. The minimum Gasteiger partial charge on any atom is -0.356 e. The molecule has 2 heterocycles. The van der Waals surface area contributed by atoms with Gasteiger partial charge in [-0.2, -0.15) is 0 Å². The van der Waals surface area contributed by atoms with Crippen LogP contribution in [0.2, 0.25) is 5.02 Å². The van der Waals surface area contributed by atoms with E-state index in [1.54, 1.807) is 29.7 Å². The topological polar surface area (TPSA) is 78.3 Å². The van der Waals surface area contributed by atoms with Crippen molar-refractivity contribution in [3.63, 3.8) is 0 Å². The highest BCUT2D eigenvalue weighted by Gasteiger charge is 2.19. The molecule has 2 N–H and O–H groups in total. The minimum atomic E-state index is -0.555. The molecule has 0 atom stereocenters. The zero-order chi connectivity index (χ0) is 18.1. The van der Waals surface area contributed by atoms with E-state index in [1.165, 1.54) is 0 Å². The summed E-state index contributed by atoms with van der Waals surface area (Å²) in [4.78, 5) is 23.2. The van der Waals surface area contributed by atoms with Gasteiger partial charge in [-0.15, -0.1) is 0 Å². The SMILES string of the molecule is O=C(NO)c1ccc(-c2nc(N3CCCC3)c3ccc(Cl)cc3n2)cc1. The molecule has 26 heavy (non-hydrogen) atoms. The first-order chi connectivity index (χ1) is 12.7. The molecule has 0 unspecified atom stereocenters. The molecule has 6 nitrogen and oxygen atoms in total. The zero-order valence-corrected chi connectivity index (χ0v) is 14.7. The smallest absolute Gasteiger partial charge is 0.274 e. The monoisotopic (exact) mass is 368 g/mol. The summed E-state index contributed by atoms with van der Waals surface area (Å²) in [7, 11) is 0. The van der Waals surface area contributed by atoms with Crippen molar-refractivity contribution in [1.29, 1.82) is 0 Å². The van der Waals surface area contributed by atoms with E-state index in [4.69, 9.17) is 21.8 Å². The molecule has 0 spiro atoms. The fourth-order valence-electron chi connectivity index (χ4n) is 3.22. The second-order valence-electron chi connectivity index (χ2n) is 6.24. The first-order valence-corrected chi connectivity index (χ1v) is 8.80. The van der Waals surface area contributed by atoms with Crippen LogP contribution in [0.3, 0.4) is 0 Å². The lowest BCUT2D eigenvalue weighted by Gasteiger charge is -2.19. The Bertz CT molecular complexity index is 969. The van der Waals surface area contributed by atoms with Crippen molar-refractivity contribution < 1.29 is 10.0 Å². The highest BCUT2D eigenvalue weighted by Crippen LogP contribution is 2.31. The number of hydrogen-bond acceptors (Lipinski definition) is 5. The van der Waals surface area contributed by atoms with Crippen LogP contribution in [-0.2, 0) is 0 Å². The van der Waals surface area contributed by atoms with Gasteiger partial charge in [-0.1, -0.05) is 23.7 Å². The van der Waals surface area contributed by atoms with Gasteiger partial charge in [0.2, 0.25) is 0 Å². The van der Waals surface area contributed by atoms with Crippen LogP contribution in [0.4, 0.5) is 5.82 Å². The number of amides is 1. The van der Waals surface area contributed by atoms with Crippen molar-refractivity contribution in [3.8, 4) is 11.4 Å². The molecule has 1 amide bonds. The van der Waals surface area contributed by atoms with Crippen LogP contribution in [0.25, 0.3) is 22.3 Å². The lowest BCUT2D eigenvalue weighted by molar-refractivity contribution is 0.0706. The van der Waals surface area contributed by atoms with Crippen LogP contribution in [0.15, 0.2) is 42.5 Å². The van der Waals surface area contributed by atoms with E-state index in [-0.39, 0.29) is 0 Å². The van der Waals surface area contributed by atoms with E-state index in [0.717, 1.165) is 48.2 Å². The van der Waals surface area contributed by atoms with E-state index < -0.39 is 5.91 Å². The number of hydroxylamine groups is 1. The van der Waals surface area contributed by atoms with Gasteiger partial charge in [0.25, 0.3) is 5.91 Å². The molecular formula is C19H17ClN4O2. The molecule has 0 bridgehead atoms. The van der Waals surface area contributed by atoms with Crippen molar-refractivity contribution >= 4 is 34.2 Å². The summed E-state index contributed by atoms with van der Waals surface area (Å²) in [6.07, 6.45) is 2.30. The van der Waals surface area contributed by atoms with E-state index in [9.17, 15) is 4.79 Å². The average molecular weight is 369 g/mol. The minimum absolute atomic E-state index is 0.361. The summed E-state index contributed by atoms with van der Waals surface area (Å²) in [5.41, 5.74) is 3.57. The van der Waals surface area contributed by atoms with E-state index in [1.807, 2.05) is 18.2 Å². The third-order valence-corrected chi connectivity index (χ3v) is 4.79. The number of nitrogens with one attached hydrogen (secondary N) is 1. The molecule has 1 aromatic heterocycles. The number of carbonyl (C=O) groups excluding carboxylic acids is 1. The Morgan fingerprint density at radius 1 is 1.08 bits per heavy atom. The van der Waals surface area contributed by atoms with Crippen LogP contribution < -0.4 is 10.4 Å². The van der Waals surface area contributed by atoms with Gasteiger partial charge in [0.15, 0.2) is 5.82 Å². The number of hydrogen-bond donors (Lipinski definition) is 2. The number of carbonyl (C=O) groups is 1. The summed E-state index contributed by atoms with van der Waals surface area (Å²) in [5.74, 6) is 0.939. The Morgan fingerprint density at radius 2 is 1.81 bits per heavy atom. The van der Waals surface area contributed by atoms with Crippen LogP contribution >= 0.6 is 11.6 Å². The summed E-state index contributed by atoms with van der Waals surface area (Å²) >= 11 is 6.16. The van der Waals surface area contributed by atoms with Crippen LogP contribution in [0, 0.1) is 0 Å². The summed E-state index contributed by atoms with van der Waals surface area (Å²) in [6.45, 7) is 1.95. The lowest BCUT2D eigenvalue weighted by atomic mass is 10.1. The molecule has 1 aliphatic rings. The number of rotatable bonds is 3. The third kappa shape index (κ3) is 3.09. The van der Waals surface area contributed by atoms with Gasteiger partial charge in [0.1, 0.15) is 5.82 Å². The van der Waals surface area contributed by atoms with E-state index in [0.29, 0.717) is 16.4 Å². The van der Waals surface area contributed by atoms with Crippen molar-refractivity contribution in [2.45, 2.75) is 12.8 Å². The second kappa shape index (κ2) is 6.90. The molecular weight excluding hydrogens is 352 g/mol. The van der Waals surface area contributed by atoms with Crippen molar-refractivity contribution in [1.82, 2.24) is 15.4 Å². The maximum Gasteiger partial charge on any atom is 0.274 e. The van der Waals surface area contributed by atoms with Gasteiger partial charge in [-0.3, -0.25) is 10.0 Å². The first kappa shape index (κ1) is 16.8. The number of halogens is 1. The predicted molar refractivity (Wildman–Crippen MR) is 101 cm³/mol. The molecule has 1 fully saturated rings. The maximum atomic E-state index is 11.5. The normalized spacial score (nSPS) is 14.0. The van der Waals surface area contributed by atoms with Crippen molar-refractivity contribution in [3.05, 3.63) is 53.1 Å².